The minimum absolute atomic E-state index is 0.0726. The van der Waals surface area contributed by atoms with Crippen LogP contribution < -0.4 is 15.4 Å². The van der Waals surface area contributed by atoms with Gasteiger partial charge in [0.1, 0.15) is 12.2 Å². The number of aryl methyl sites for hydroxylation is 1. The number of sulfonamides is 1. The molecule has 0 spiro atoms. The molecule has 0 aliphatic carbocycles. The fourth-order valence-corrected chi connectivity index (χ4v) is 4.41. The Kier molecular flexibility index (Phi) is 10.9. The Balaban J connectivity index is 1.50. The molecule has 2 aromatic carbocycles. The van der Waals surface area contributed by atoms with Crippen molar-refractivity contribution in [1.29, 1.82) is 0 Å². The van der Waals surface area contributed by atoms with Crippen LogP contribution in [-0.4, -0.2) is 56.8 Å². The molecule has 3 N–H and O–H groups in total. The van der Waals surface area contributed by atoms with Gasteiger partial charge in [-0.15, -0.1) is 0 Å². The third kappa shape index (κ3) is 9.02. The Morgan fingerprint density at radius 2 is 1.52 bits per heavy atom. The molecule has 3 amide bonds. The molecule has 0 saturated heterocycles. The molecule has 0 bridgehead atoms. The molecule has 11 nitrogen and oxygen atoms in total. The molecule has 3 rings (SSSR count). The second-order valence-corrected chi connectivity index (χ2v) is 10.3. The monoisotopic (exact) mass is 566 g/mol. The van der Waals surface area contributed by atoms with Crippen LogP contribution in [0.25, 0.3) is 0 Å². The van der Waals surface area contributed by atoms with Crippen molar-refractivity contribution in [3.05, 3.63) is 95.3 Å². The zero-order valence-electron chi connectivity index (χ0n) is 21.9. The Morgan fingerprint density at radius 1 is 0.825 bits per heavy atom. The van der Waals surface area contributed by atoms with Gasteiger partial charge in [0.25, 0.3) is 27.7 Å². The van der Waals surface area contributed by atoms with E-state index in [4.69, 9.17) is 4.74 Å². The lowest BCUT2D eigenvalue weighted by molar-refractivity contribution is -0.142. The van der Waals surface area contributed by atoms with E-state index in [1.807, 2.05) is 42.0 Å². The van der Waals surface area contributed by atoms with Crippen LogP contribution >= 0.6 is 0 Å². The number of nitrogens with one attached hydrogen (secondary N) is 3. The van der Waals surface area contributed by atoms with Crippen molar-refractivity contribution in [2.75, 3.05) is 19.7 Å². The zero-order chi connectivity index (χ0) is 29.0. The average Bonchev–Trinajstić information content (AvgIpc) is 2.97. The normalized spacial score (nSPS) is 10.8. The van der Waals surface area contributed by atoms with Gasteiger partial charge < -0.3 is 15.4 Å². The van der Waals surface area contributed by atoms with Crippen molar-refractivity contribution in [2.45, 2.75) is 31.1 Å². The van der Waals surface area contributed by atoms with E-state index in [-0.39, 0.29) is 40.8 Å². The van der Waals surface area contributed by atoms with Crippen molar-refractivity contribution in [3.63, 3.8) is 0 Å². The van der Waals surface area contributed by atoms with E-state index in [9.17, 15) is 27.6 Å². The summed E-state index contributed by atoms with van der Waals surface area (Å²) in [6.45, 7) is 2.21. The van der Waals surface area contributed by atoms with Crippen molar-refractivity contribution in [1.82, 2.24) is 20.3 Å². The first-order chi connectivity index (χ1) is 19.2. The van der Waals surface area contributed by atoms with Crippen molar-refractivity contribution < 1.29 is 32.3 Å². The van der Waals surface area contributed by atoms with Crippen molar-refractivity contribution in [2.24, 2.45) is 0 Å². The number of ether oxygens (including phenoxy) is 1. The summed E-state index contributed by atoms with van der Waals surface area (Å²) in [5, 5.41) is 5.15. The quantitative estimate of drug-likeness (QED) is 0.210. The largest absolute Gasteiger partial charge is 0.464 e. The highest BCUT2D eigenvalue weighted by Gasteiger charge is 2.20. The highest BCUT2D eigenvalue weighted by Crippen LogP contribution is 2.12. The Morgan fingerprint density at radius 3 is 2.17 bits per heavy atom. The lowest BCUT2D eigenvalue weighted by Gasteiger charge is -2.09. The van der Waals surface area contributed by atoms with Crippen LogP contribution in [0, 0.1) is 0 Å². The average molecular weight is 567 g/mol. The number of benzene rings is 2. The molecule has 0 atom stereocenters. The van der Waals surface area contributed by atoms with Crippen molar-refractivity contribution in [3.8, 4) is 0 Å². The number of carbonyl (C=O) groups excluding carboxylic acids is 4. The van der Waals surface area contributed by atoms with E-state index >= 15 is 0 Å². The summed E-state index contributed by atoms with van der Waals surface area (Å²) in [5.41, 5.74) is 1.28. The van der Waals surface area contributed by atoms with Gasteiger partial charge in [-0.2, -0.15) is 0 Å². The van der Waals surface area contributed by atoms with Gasteiger partial charge in [0, 0.05) is 18.3 Å². The van der Waals surface area contributed by atoms with E-state index in [1.54, 1.807) is 0 Å². The number of esters is 1. The second-order valence-electron chi connectivity index (χ2n) is 8.64. The van der Waals surface area contributed by atoms with Gasteiger partial charge in [0.05, 0.1) is 17.1 Å². The summed E-state index contributed by atoms with van der Waals surface area (Å²) in [6, 6.07) is 17.5. The fourth-order valence-electron chi connectivity index (χ4n) is 3.44. The minimum Gasteiger partial charge on any atom is -0.464 e. The van der Waals surface area contributed by atoms with Crippen LogP contribution in [0.4, 0.5) is 0 Å². The lowest BCUT2D eigenvalue weighted by Crippen LogP contribution is -2.32. The van der Waals surface area contributed by atoms with E-state index in [0.29, 0.717) is 13.0 Å². The molecule has 12 heteroatoms. The summed E-state index contributed by atoms with van der Waals surface area (Å²) in [6.07, 6.45) is 3.26. The molecule has 40 heavy (non-hydrogen) atoms. The molecule has 0 saturated carbocycles. The van der Waals surface area contributed by atoms with Gasteiger partial charge in [0.2, 0.25) is 0 Å². The van der Waals surface area contributed by atoms with E-state index in [1.165, 1.54) is 42.0 Å². The Labute approximate surface area is 232 Å². The summed E-state index contributed by atoms with van der Waals surface area (Å²) < 4.78 is 32.2. The van der Waals surface area contributed by atoms with E-state index in [0.717, 1.165) is 19.0 Å². The molecular weight excluding hydrogens is 536 g/mol. The third-order valence-corrected chi connectivity index (χ3v) is 6.89. The first-order valence-electron chi connectivity index (χ1n) is 12.6. The van der Waals surface area contributed by atoms with Crippen LogP contribution in [-0.2, 0) is 26.0 Å². The molecule has 210 valence electrons. The van der Waals surface area contributed by atoms with E-state index in [2.05, 4.69) is 15.6 Å². The molecule has 0 aliphatic heterocycles. The first kappa shape index (κ1) is 30.0. The van der Waals surface area contributed by atoms with Gasteiger partial charge in [-0.3, -0.25) is 24.2 Å². The number of amides is 3. The fraction of sp³-hybridized carbons (Fsp3) is 0.250. The van der Waals surface area contributed by atoms with Gasteiger partial charge in [-0.25, -0.2) is 13.1 Å². The number of nitrogens with zero attached hydrogens (tertiary/aromatic N) is 1. The van der Waals surface area contributed by atoms with Gasteiger partial charge in [0.15, 0.2) is 0 Å². The molecule has 0 aliphatic rings. The lowest BCUT2D eigenvalue weighted by atomic mass is 10.1. The third-order valence-electron chi connectivity index (χ3n) is 5.54. The maximum Gasteiger partial charge on any atom is 0.325 e. The Bertz CT molecular complexity index is 1430. The molecule has 3 aromatic rings. The molecule has 0 unspecified atom stereocenters. The van der Waals surface area contributed by atoms with Gasteiger partial charge in [-0.05, 0) is 61.2 Å². The number of pyridine rings is 1. The number of carbonyl (C=O) groups is 4. The van der Waals surface area contributed by atoms with Crippen LogP contribution in [0.2, 0.25) is 0 Å². The first-order valence-corrected chi connectivity index (χ1v) is 14.1. The minimum atomic E-state index is -4.24. The molecule has 1 heterocycles. The summed E-state index contributed by atoms with van der Waals surface area (Å²) >= 11 is 0. The Hall–Kier alpha value is -4.58. The molecular formula is C28H30N4O7S. The highest BCUT2D eigenvalue weighted by molar-refractivity contribution is 7.90. The van der Waals surface area contributed by atoms with Gasteiger partial charge >= 0.3 is 5.97 Å². The number of aromatic nitrogens is 1. The molecule has 0 radical (unpaired) electrons. The predicted molar refractivity (Wildman–Crippen MR) is 146 cm³/mol. The summed E-state index contributed by atoms with van der Waals surface area (Å²) in [5.74, 6) is -2.55. The summed E-state index contributed by atoms with van der Waals surface area (Å²) in [7, 11) is -4.24. The number of hydrogen-bond acceptors (Lipinski definition) is 8. The second kappa shape index (κ2) is 14.5. The standard InChI is InChI=1S/C28H30N4O7S/c1-2-17-39-25(33)19-31-28(36)24-15-12-22(18-30-24)27(35)32-40(37,38)23-13-10-21(11-14-23)26(34)29-16-6-9-20-7-4-3-5-8-20/h3-5,7-8,10-15,18H,2,6,9,16-17,19H2,1H3,(H,29,34)(H,31,36)(H,32,35). The van der Waals surface area contributed by atoms with Crippen LogP contribution in [0.5, 0.6) is 0 Å². The maximum absolute atomic E-state index is 12.7. The van der Waals surface area contributed by atoms with Crippen LogP contribution in [0.3, 0.4) is 0 Å². The number of hydrogen-bond donors (Lipinski definition) is 3. The molecule has 1 aromatic heterocycles. The van der Waals surface area contributed by atoms with Crippen LogP contribution in [0.15, 0.2) is 77.8 Å². The highest BCUT2D eigenvalue weighted by atomic mass is 32.2. The van der Waals surface area contributed by atoms with Crippen LogP contribution in [0.1, 0.15) is 56.5 Å². The van der Waals surface area contributed by atoms with Crippen molar-refractivity contribution >= 4 is 33.7 Å². The topological polar surface area (TPSA) is 161 Å². The number of rotatable bonds is 13. The van der Waals surface area contributed by atoms with E-state index < -0.39 is 27.8 Å². The zero-order valence-corrected chi connectivity index (χ0v) is 22.7. The predicted octanol–water partition coefficient (Wildman–Crippen LogP) is 2.25. The summed E-state index contributed by atoms with van der Waals surface area (Å²) in [4.78, 5) is 52.1. The maximum atomic E-state index is 12.7. The molecule has 0 fully saturated rings. The van der Waals surface area contributed by atoms with Gasteiger partial charge in [-0.1, -0.05) is 37.3 Å². The smallest absolute Gasteiger partial charge is 0.325 e. The SMILES string of the molecule is CCCOC(=O)CNC(=O)c1ccc(C(=O)NS(=O)(=O)c2ccc(C(=O)NCCCc3ccccc3)cc2)cn1.